The van der Waals surface area contributed by atoms with Crippen molar-refractivity contribution >= 4 is 27.2 Å². The minimum Gasteiger partial charge on any atom is -1.00 e. The summed E-state index contributed by atoms with van der Waals surface area (Å²) in [6.07, 6.45) is 0. The average Bonchev–Trinajstić information content (AvgIpc) is 2.43. The molecule has 0 radical (unpaired) electrons. The van der Waals surface area contributed by atoms with E-state index in [1.54, 1.807) is 11.3 Å². The van der Waals surface area contributed by atoms with Crippen LogP contribution in [-0.2, 0) is 0 Å². The number of halogens is 1. The molecule has 0 amide bonds. The van der Waals surface area contributed by atoms with Gasteiger partial charge in [0.05, 0.1) is 20.8 Å². The summed E-state index contributed by atoms with van der Waals surface area (Å²) >= 11 is 1.80. The maximum atomic E-state index is 4.75. The van der Waals surface area contributed by atoms with Crippen molar-refractivity contribution in [2.75, 3.05) is 33.1 Å². The van der Waals surface area contributed by atoms with Crippen LogP contribution >= 0.6 is 11.3 Å². The van der Waals surface area contributed by atoms with Crippen LogP contribution in [0.3, 0.4) is 0 Å². The monoisotopic (exact) mass is 353 g/mol. The molecule has 0 fully saturated rings. The van der Waals surface area contributed by atoms with Gasteiger partial charge in [0, 0.05) is 31.9 Å². The largest absolute Gasteiger partial charge is 1.00 e. The molecule has 23 heavy (non-hydrogen) atoms. The van der Waals surface area contributed by atoms with Crippen molar-refractivity contribution in [2.24, 2.45) is 0 Å². The summed E-state index contributed by atoms with van der Waals surface area (Å²) < 4.78 is 3.34. The van der Waals surface area contributed by atoms with E-state index in [2.05, 4.69) is 74.1 Å². The Hall–Kier alpha value is -1.69. The Labute approximate surface area is 147 Å². The fourth-order valence-corrected chi connectivity index (χ4v) is 3.19. The number of anilines is 1. The van der Waals surface area contributed by atoms with E-state index in [1.807, 2.05) is 0 Å². The molecule has 2 aliphatic rings. The van der Waals surface area contributed by atoms with E-state index in [0.717, 1.165) is 11.2 Å². The van der Waals surface area contributed by atoms with Gasteiger partial charge in [-0.05, 0) is 24.3 Å². The Bertz CT molecular complexity index is 826. The molecule has 2 N–H and O–H groups in total. The first-order valence-electron chi connectivity index (χ1n) is 6.57. The fourth-order valence-electron chi connectivity index (χ4n) is 2.16. The zero-order valence-electron chi connectivity index (χ0n) is 13.1. The first kappa shape index (κ1) is 21.3. The lowest BCUT2D eigenvalue weighted by Crippen LogP contribution is -3.00. The molecule has 0 bridgehead atoms. The first-order valence-corrected chi connectivity index (χ1v) is 7.38. The number of hydrogen-bond acceptors (Lipinski definition) is 3. The summed E-state index contributed by atoms with van der Waals surface area (Å²) in [7, 11) is 8.24. The van der Waals surface area contributed by atoms with E-state index in [4.69, 9.17) is 4.98 Å². The summed E-state index contributed by atoms with van der Waals surface area (Å²) in [5, 5.41) is 1.21. The normalized spacial score (nSPS) is 9.57. The molecule has 1 aromatic carbocycles. The van der Waals surface area contributed by atoms with E-state index >= 15 is 0 Å². The molecule has 0 saturated heterocycles. The minimum atomic E-state index is 0. The molecule has 1 aliphatic heterocycles. The molecule has 3 rings (SSSR count). The standard InChI is InChI=1S/C16H18N3S.CH4.ClH.H2O/c1-18(2)11-5-7-13-15(9-11)20-16-10-12(19(3)4)6-8-14(16)17-13;;;/h5-10H,1-4H3;1H4;1H;1H2/q+1;;;/p-1. The van der Waals surface area contributed by atoms with Gasteiger partial charge in [0.25, 0.3) is 0 Å². The van der Waals surface area contributed by atoms with Crippen LogP contribution in [0, 0.1) is 0 Å². The number of fused-ring (bicyclic) bond motifs is 2. The molecule has 0 aromatic heterocycles. The number of benzene rings is 2. The predicted molar refractivity (Wildman–Crippen MR) is 98.0 cm³/mol. The molecule has 0 saturated carbocycles. The summed E-state index contributed by atoms with van der Waals surface area (Å²) in [5.41, 5.74) is 3.33. The Kier molecular flexibility index (Phi) is 7.64. The van der Waals surface area contributed by atoms with E-state index < -0.39 is 0 Å². The van der Waals surface area contributed by atoms with Gasteiger partial charge in [-0.1, -0.05) is 7.43 Å². The topological polar surface area (TPSA) is 50.6 Å². The van der Waals surface area contributed by atoms with Crippen molar-refractivity contribution in [3.63, 3.8) is 0 Å². The van der Waals surface area contributed by atoms with Gasteiger partial charge in [-0.3, -0.25) is 0 Å². The molecular weight excluding hydrogens is 330 g/mol. The summed E-state index contributed by atoms with van der Waals surface area (Å²) in [4.78, 5) is 8.09. The summed E-state index contributed by atoms with van der Waals surface area (Å²) in [5.74, 6) is 0. The Morgan fingerprint density at radius 3 is 2.35 bits per heavy atom. The van der Waals surface area contributed by atoms with Gasteiger partial charge in [-0.25, -0.2) is 9.56 Å². The number of aromatic nitrogens is 1. The minimum absolute atomic E-state index is 0. The van der Waals surface area contributed by atoms with Gasteiger partial charge in [-0.2, -0.15) is 0 Å². The molecule has 0 spiro atoms. The SMILES string of the molecule is C.CN(C)c1ccc2nc3ccc(=[N+](C)C)cc-3sc2c1.O.[Cl-]. The van der Waals surface area contributed by atoms with Gasteiger partial charge in [0.1, 0.15) is 14.1 Å². The molecule has 0 atom stereocenters. The Morgan fingerprint density at radius 2 is 1.74 bits per heavy atom. The van der Waals surface area contributed by atoms with Crippen LogP contribution < -0.4 is 27.2 Å². The van der Waals surface area contributed by atoms with Crippen LogP contribution in [0.4, 0.5) is 5.69 Å². The smallest absolute Gasteiger partial charge is 0.201 e. The highest BCUT2D eigenvalue weighted by atomic mass is 35.5. The number of hydrogen-bond donors (Lipinski definition) is 0. The van der Waals surface area contributed by atoms with Gasteiger partial charge >= 0.3 is 0 Å². The Balaban J connectivity index is 0.00000161. The van der Waals surface area contributed by atoms with E-state index in [9.17, 15) is 0 Å². The van der Waals surface area contributed by atoms with Crippen LogP contribution in [-0.4, -0.2) is 38.7 Å². The first-order chi connectivity index (χ1) is 9.54. The summed E-state index contributed by atoms with van der Waals surface area (Å²) in [6, 6.07) is 12.8. The highest BCUT2D eigenvalue weighted by Crippen LogP contribution is 2.31. The zero-order valence-corrected chi connectivity index (χ0v) is 14.7. The van der Waals surface area contributed by atoms with Crippen LogP contribution in [0.1, 0.15) is 7.43 Å². The van der Waals surface area contributed by atoms with Crippen molar-refractivity contribution in [2.45, 2.75) is 7.43 Å². The Morgan fingerprint density at radius 1 is 1.04 bits per heavy atom. The maximum absolute atomic E-state index is 4.75. The van der Waals surface area contributed by atoms with E-state index in [0.29, 0.717) is 0 Å². The third-order valence-electron chi connectivity index (χ3n) is 3.38. The molecular formula is C17H24ClN3OS. The van der Waals surface area contributed by atoms with E-state index in [1.165, 1.54) is 20.6 Å². The van der Waals surface area contributed by atoms with Crippen molar-refractivity contribution in [1.29, 1.82) is 0 Å². The highest BCUT2D eigenvalue weighted by molar-refractivity contribution is 7.21. The van der Waals surface area contributed by atoms with Gasteiger partial charge < -0.3 is 22.8 Å². The number of rotatable bonds is 1. The van der Waals surface area contributed by atoms with Crippen molar-refractivity contribution in [1.82, 2.24) is 9.56 Å². The molecule has 1 heterocycles. The lowest BCUT2D eigenvalue weighted by Gasteiger charge is -2.13. The van der Waals surface area contributed by atoms with Crippen molar-refractivity contribution in [3.05, 3.63) is 41.8 Å². The third-order valence-corrected chi connectivity index (χ3v) is 4.47. The van der Waals surface area contributed by atoms with Crippen LogP contribution in [0.5, 0.6) is 0 Å². The lowest BCUT2D eigenvalue weighted by molar-refractivity contribution is -0.00000570. The van der Waals surface area contributed by atoms with Crippen molar-refractivity contribution in [3.8, 4) is 10.6 Å². The highest BCUT2D eigenvalue weighted by Gasteiger charge is 2.09. The van der Waals surface area contributed by atoms with Gasteiger partial charge in [0.2, 0.25) is 5.36 Å². The predicted octanol–water partition coefficient (Wildman–Crippen LogP) is -0.686. The second-order valence-corrected chi connectivity index (χ2v) is 6.39. The second-order valence-electron chi connectivity index (χ2n) is 5.31. The molecule has 0 unspecified atom stereocenters. The second kappa shape index (κ2) is 8.24. The van der Waals surface area contributed by atoms with Gasteiger partial charge in [0.15, 0.2) is 0 Å². The van der Waals surface area contributed by atoms with Crippen LogP contribution in [0.25, 0.3) is 20.8 Å². The molecule has 6 heteroatoms. The van der Waals surface area contributed by atoms with Gasteiger partial charge in [-0.15, -0.1) is 11.3 Å². The maximum Gasteiger partial charge on any atom is 0.201 e. The summed E-state index contributed by atoms with van der Waals surface area (Å²) in [6.45, 7) is 0. The van der Waals surface area contributed by atoms with Crippen LogP contribution in [0.2, 0.25) is 0 Å². The molecule has 1 aliphatic carbocycles. The number of nitrogens with zero attached hydrogens (tertiary/aromatic N) is 3. The molecule has 4 nitrogen and oxygen atoms in total. The lowest BCUT2D eigenvalue weighted by atomic mass is 10.2. The van der Waals surface area contributed by atoms with Crippen molar-refractivity contribution < 1.29 is 17.9 Å². The van der Waals surface area contributed by atoms with E-state index in [-0.39, 0.29) is 25.3 Å². The third kappa shape index (κ3) is 4.19. The quantitative estimate of drug-likeness (QED) is 0.430. The molecule has 1 aromatic rings. The molecule has 126 valence electrons. The average molecular weight is 354 g/mol. The zero-order chi connectivity index (χ0) is 14.3. The van der Waals surface area contributed by atoms with Crippen LogP contribution in [0.15, 0.2) is 36.4 Å². The fraction of sp³-hybridized carbons (Fsp3) is 0.294.